The molecule has 0 saturated heterocycles. The number of ether oxygens (including phenoxy) is 1. The third-order valence-corrected chi connectivity index (χ3v) is 3.28. The first-order valence-electron chi connectivity index (χ1n) is 6.71. The maximum atomic E-state index is 11.3. The van der Waals surface area contributed by atoms with Crippen LogP contribution in [-0.4, -0.2) is 17.6 Å². The molecule has 0 atom stereocenters. The van der Waals surface area contributed by atoms with Crippen molar-refractivity contribution in [3.05, 3.63) is 41.6 Å². The monoisotopic (exact) mass is 257 g/mol. The Labute approximate surface area is 113 Å². The van der Waals surface area contributed by atoms with Gasteiger partial charge in [0.25, 0.3) is 0 Å². The summed E-state index contributed by atoms with van der Waals surface area (Å²) in [6.45, 7) is 4.40. The van der Waals surface area contributed by atoms with Gasteiger partial charge in [-0.25, -0.2) is 0 Å². The van der Waals surface area contributed by atoms with Gasteiger partial charge in [0.05, 0.1) is 12.1 Å². The molecular weight excluding hydrogens is 238 g/mol. The van der Waals surface area contributed by atoms with Crippen molar-refractivity contribution >= 4 is 16.9 Å². The van der Waals surface area contributed by atoms with E-state index in [0.717, 1.165) is 18.4 Å². The molecule has 3 heteroatoms. The van der Waals surface area contributed by atoms with Crippen LogP contribution in [0.25, 0.3) is 10.9 Å². The van der Waals surface area contributed by atoms with Crippen molar-refractivity contribution in [3.8, 4) is 0 Å². The number of benzene rings is 1. The van der Waals surface area contributed by atoms with Crippen LogP contribution in [0.2, 0.25) is 0 Å². The predicted molar refractivity (Wildman–Crippen MR) is 76.1 cm³/mol. The summed E-state index contributed by atoms with van der Waals surface area (Å²) in [6.07, 6.45) is 4.06. The molecule has 0 spiro atoms. The highest BCUT2D eigenvalue weighted by molar-refractivity contribution is 5.82. The molecule has 0 radical (unpaired) electrons. The number of para-hydroxylation sites is 1. The molecule has 0 fully saturated rings. The van der Waals surface area contributed by atoms with E-state index in [1.165, 1.54) is 16.5 Å². The van der Waals surface area contributed by atoms with Gasteiger partial charge in [-0.3, -0.25) is 9.78 Å². The van der Waals surface area contributed by atoms with Crippen LogP contribution in [0.3, 0.4) is 0 Å². The number of esters is 1. The maximum absolute atomic E-state index is 11.3. The molecule has 0 N–H and O–H groups in total. The van der Waals surface area contributed by atoms with Gasteiger partial charge in [-0.2, -0.15) is 0 Å². The van der Waals surface area contributed by atoms with Gasteiger partial charge in [0.15, 0.2) is 0 Å². The van der Waals surface area contributed by atoms with Crippen LogP contribution >= 0.6 is 0 Å². The Balaban J connectivity index is 2.05. The molecule has 1 aromatic carbocycles. The zero-order valence-corrected chi connectivity index (χ0v) is 11.5. The third-order valence-electron chi connectivity index (χ3n) is 3.28. The van der Waals surface area contributed by atoms with Gasteiger partial charge in [-0.15, -0.1) is 0 Å². The molecule has 1 heterocycles. The van der Waals surface area contributed by atoms with E-state index in [1.807, 2.05) is 31.3 Å². The van der Waals surface area contributed by atoms with Crippen LogP contribution in [-0.2, 0) is 16.0 Å². The van der Waals surface area contributed by atoms with Gasteiger partial charge in [0.1, 0.15) is 0 Å². The molecule has 0 unspecified atom stereocenters. The van der Waals surface area contributed by atoms with Crippen molar-refractivity contribution in [3.63, 3.8) is 0 Å². The number of carbonyl (C=O) groups excluding carboxylic acids is 1. The van der Waals surface area contributed by atoms with Crippen molar-refractivity contribution in [1.29, 1.82) is 0 Å². The minimum atomic E-state index is -0.117. The fourth-order valence-electron chi connectivity index (χ4n) is 2.23. The molecule has 0 aliphatic rings. The minimum Gasteiger partial charge on any atom is -0.466 e. The van der Waals surface area contributed by atoms with Crippen LogP contribution in [0.15, 0.2) is 30.5 Å². The first-order chi connectivity index (χ1) is 9.22. The van der Waals surface area contributed by atoms with E-state index in [-0.39, 0.29) is 5.97 Å². The summed E-state index contributed by atoms with van der Waals surface area (Å²) in [5.41, 5.74) is 3.49. The lowest BCUT2D eigenvalue weighted by Gasteiger charge is -2.08. The van der Waals surface area contributed by atoms with Gasteiger partial charge < -0.3 is 4.74 Å². The lowest BCUT2D eigenvalue weighted by Crippen LogP contribution is -2.04. The van der Waals surface area contributed by atoms with Gasteiger partial charge in [0, 0.05) is 18.0 Å². The Morgan fingerprint density at radius 1 is 1.32 bits per heavy atom. The van der Waals surface area contributed by atoms with Crippen LogP contribution < -0.4 is 0 Å². The van der Waals surface area contributed by atoms with E-state index < -0.39 is 0 Å². The van der Waals surface area contributed by atoms with Crippen molar-refractivity contribution in [2.45, 2.75) is 33.1 Å². The van der Waals surface area contributed by atoms with Crippen LogP contribution in [0.4, 0.5) is 0 Å². The highest BCUT2D eigenvalue weighted by Crippen LogP contribution is 2.20. The SMILES string of the molecule is CCOC(=O)CCCc1cnc2ccccc2c1C. The normalized spacial score (nSPS) is 10.6. The Morgan fingerprint density at radius 2 is 2.11 bits per heavy atom. The number of nitrogens with zero attached hydrogens (tertiary/aromatic N) is 1. The Kier molecular flexibility index (Phi) is 4.50. The predicted octanol–water partition coefficient (Wildman–Crippen LogP) is 3.43. The topological polar surface area (TPSA) is 39.2 Å². The second kappa shape index (κ2) is 6.32. The molecule has 2 rings (SSSR count). The van der Waals surface area contributed by atoms with E-state index in [4.69, 9.17) is 4.74 Å². The van der Waals surface area contributed by atoms with E-state index in [9.17, 15) is 4.79 Å². The smallest absolute Gasteiger partial charge is 0.305 e. The molecule has 19 heavy (non-hydrogen) atoms. The summed E-state index contributed by atoms with van der Waals surface area (Å²) in [6, 6.07) is 8.13. The van der Waals surface area contributed by atoms with E-state index in [2.05, 4.69) is 18.0 Å². The summed E-state index contributed by atoms with van der Waals surface area (Å²) in [5.74, 6) is -0.117. The van der Waals surface area contributed by atoms with Crippen molar-refractivity contribution in [2.75, 3.05) is 6.61 Å². The Morgan fingerprint density at radius 3 is 2.89 bits per heavy atom. The molecule has 1 aromatic heterocycles. The quantitative estimate of drug-likeness (QED) is 0.770. The van der Waals surface area contributed by atoms with E-state index in [0.29, 0.717) is 13.0 Å². The van der Waals surface area contributed by atoms with Gasteiger partial charge >= 0.3 is 5.97 Å². The average molecular weight is 257 g/mol. The highest BCUT2D eigenvalue weighted by Gasteiger charge is 2.06. The maximum Gasteiger partial charge on any atom is 0.305 e. The van der Waals surface area contributed by atoms with Crippen molar-refractivity contribution in [1.82, 2.24) is 4.98 Å². The average Bonchev–Trinajstić information content (AvgIpc) is 2.42. The number of hydrogen-bond acceptors (Lipinski definition) is 3. The summed E-state index contributed by atoms with van der Waals surface area (Å²) in [5, 5.41) is 1.19. The highest BCUT2D eigenvalue weighted by atomic mass is 16.5. The number of hydrogen-bond donors (Lipinski definition) is 0. The third kappa shape index (κ3) is 3.31. The molecule has 0 bridgehead atoms. The van der Waals surface area contributed by atoms with Crippen molar-refractivity contribution in [2.24, 2.45) is 0 Å². The molecule has 0 saturated carbocycles. The molecule has 2 aromatic rings. The number of aromatic nitrogens is 1. The first-order valence-corrected chi connectivity index (χ1v) is 6.71. The minimum absolute atomic E-state index is 0.117. The lowest BCUT2D eigenvalue weighted by atomic mass is 10.0. The largest absolute Gasteiger partial charge is 0.466 e. The number of aryl methyl sites for hydroxylation is 2. The zero-order chi connectivity index (χ0) is 13.7. The lowest BCUT2D eigenvalue weighted by molar-refractivity contribution is -0.143. The molecule has 0 aliphatic carbocycles. The fraction of sp³-hybridized carbons (Fsp3) is 0.375. The summed E-state index contributed by atoms with van der Waals surface area (Å²) in [7, 11) is 0. The molecule has 0 aliphatic heterocycles. The Hall–Kier alpha value is -1.90. The first kappa shape index (κ1) is 13.5. The standard InChI is InChI=1S/C16H19NO2/c1-3-19-16(18)10-6-7-13-11-17-15-9-5-4-8-14(15)12(13)2/h4-5,8-9,11H,3,6-7,10H2,1-2H3. The Bertz CT molecular complexity index is 578. The number of carbonyl (C=O) groups is 1. The molecule has 3 nitrogen and oxygen atoms in total. The van der Waals surface area contributed by atoms with Crippen molar-refractivity contribution < 1.29 is 9.53 Å². The molecule has 100 valence electrons. The van der Waals surface area contributed by atoms with Crippen LogP contribution in [0.5, 0.6) is 0 Å². The van der Waals surface area contributed by atoms with E-state index >= 15 is 0 Å². The van der Waals surface area contributed by atoms with Gasteiger partial charge in [-0.05, 0) is 43.9 Å². The molecule has 0 amide bonds. The zero-order valence-electron chi connectivity index (χ0n) is 11.5. The van der Waals surface area contributed by atoms with Crippen LogP contribution in [0, 0.1) is 6.92 Å². The summed E-state index contributed by atoms with van der Waals surface area (Å²) >= 11 is 0. The van der Waals surface area contributed by atoms with Crippen LogP contribution in [0.1, 0.15) is 30.9 Å². The summed E-state index contributed by atoms with van der Waals surface area (Å²) < 4.78 is 4.93. The number of rotatable bonds is 5. The summed E-state index contributed by atoms with van der Waals surface area (Å²) in [4.78, 5) is 15.8. The van der Waals surface area contributed by atoms with Gasteiger partial charge in [0.2, 0.25) is 0 Å². The fourth-order valence-corrected chi connectivity index (χ4v) is 2.23. The molecular formula is C16H19NO2. The van der Waals surface area contributed by atoms with E-state index in [1.54, 1.807) is 0 Å². The second-order valence-electron chi connectivity index (χ2n) is 4.58. The number of pyridine rings is 1. The number of fused-ring (bicyclic) bond motifs is 1. The van der Waals surface area contributed by atoms with Gasteiger partial charge in [-0.1, -0.05) is 18.2 Å². The second-order valence-corrected chi connectivity index (χ2v) is 4.58.